The number of rotatable bonds is 13. The summed E-state index contributed by atoms with van der Waals surface area (Å²) < 4.78 is 32.0. The molecule has 280 valence electrons. The predicted molar refractivity (Wildman–Crippen MR) is 200 cm³/mol. The van der Waals surface area contributed by atoms with Crippen LogP contribution >= 0.6 is 0 Å². The van der Waals surface area contributed by atoms with Gasteiger partial charge in [-0.05, 0) is 72.9 Å². The van der Waals surface area contributed by atoms with Crippen LogP contribution in [0.15, 0.2) is 125 Å². The van der Waals surface area contributed by atoms with E-state index in [0.29, 0.717) is 29.2 Å². The summed E-state index contributed by atoms with van der Waals surface area (Å²) >= 11 is 0. The number of benzene rings is 4. The number of fused-ring (bicyclic) bond motifs is 2. The van der Waals surface area contributed by atoms with Crippen LogP contribution in [0.25, 0.3) is 0 Å². The number of hydrogen-bond donors (Lipinski definition) is 3. The summed E-state index contributed by atoms with van der Waals surface area (Å²) in [5, 5.41) is 15.4. The zero-order valence-electron chi connectivity index (χ0n) is 30.3. The Labute approximate surface area is 312 Å². The van der Waals surface area contributed by atoms with Gasteiger partial charge in [0.1, 0.15) is 34.7 Å². The van der Waals surface area contributed by atoms with Crippen molar-refractivity contribution in [1.29, 1.82) is 0 Å². The fraction of sp³-hybridized carbons (Fsp3) is 0.310. The number of ether oxygens (including phenoxy) is 5. The Morgan fingerprint density at radius 1 is 0.870 bits per heavy atom. The second-order valence-corrected chi connectivity index (χ2v) is 13.7. The van der Waals surface area contributed by atoms with Crippen LogP contribution in [0.3, 0.4) is 0 Å². The van der Waals surface area contributed by atoms with Crippen LogP contribution in [0.5, 0.6) is 17.2 Å². The maximum Gasteiger partial charge on any atom is 0.330 e. The normalized spacial score (nSPS) is 22.0. The number of carbonyl (C=O) groups excluding carboxylic acids is 1. The fourth-order valence-corrected chi connectivity index (χ4v) is 7.71. The number of methoxy groups -OCH3 is 2. The highest BCUT2D eigenvalue weighted by atomic mass is 16.6. The van der Waals surface area contributed by atoms with Crippen LogP contribution in [-0.2, 0) is 19.9 Å². The van der Waals surface area contributed by atoms with Gasteiger partial charge in [0.2, 0.25) is 0 Å². The molecule has 1 aliphatic carbocycles. The van der Waals surface area contributed by atoms with Gasteiger partial charge in [-0.3, -0.25) is 19.1 Å². The summed E-state index contributed by atoms with van der Waals surface area (Å²) in [6.07, 6.45) is -0.148. The van der Waals surface area contributed by atoms with E-state index in [1.165, 1.54) is 10.8 Å². The van der Waals surface area contributed by atoms with E-state index < -0.39 is 52.6 Å². The lowest BCUT2D eigenvalue weighted by molar-refractivity contribution is -0.165. The van der Waals surface area contributed by atoms with Crippen LogP contribution in [0.1, 0.15) is 41.3 Å². The molecule has 1 aromatic heterocycles. The van der Waals surface area contributed by atoms with Gasteiger partial charge in [0, 0.05) is 17.8 Å². The Morgan fingerprint density at radius 3 is 2.04 bits per heavy atom. The van der Waals surface area contributed by atoms with E-state index in [1.54, 1.807) is 33.3 Å². The topological polar surface area (TPSA) is 150 Å². The predicted octanol–water partition coefficient (Wildman–Crippen LogP) is 4.47. The number of hydrogen-bond acceptors (Lipinski definition) is 9. The molecule has 0 unspecified atom stereocenters. The van der Waals surface area contributed by atoms with Crippen molar-refractivity contribution in [2.75, 3.05) is 27.4 Å². The van der Waals surface area contributed by atoms with Gasteiger partial charge in [0.25, 0.3) is 11.5 Å². The van der Waals surface area contributed by atoms with Crippen LogP contribution in [0.2, 0.25) is 0 Å². The molecular formula is C42H43N3O9. The van der Waals surface area contributed by atoms with E-state index >= 15 is 0 Å². The number of para-hydroxylation sites is 1. The molecule has 2 fully saturated rings. The zero-order valence-corrected chi connectivity index (χ0v) is 30.3. The van der Waals surface area contributed by atoms with Gasteiger partial charge in [-0.2, -0.15) is 0 Å². The van der Waals surface area contributed by atoms with Crippen molar-refractivity contribution in [3.63, 3.8) is 0 Å². The quantitative estimate of drug-likeness (QED) is 0.149. The van der Waals surface area contributed by atoms with Crippen molar-refractivity contribution in [3.8, 4) is 17.2 Å². The van der Waals surface area contributed by atoms with E-state index in [4.69, 9.17) is 23.7 Å². The molecule has 1 saturated carbocycles. The lowest BCUT2D eigenvalue weighted by Crippen LogP contribution is -2.57. The van der Waals surface area contributed by atoms with Crippen LogP contribution in [-0.4, -0.2) is 65.7 Å². The minimum atomic E-state index is -1.32. The van der Waals surface area contributed by atoms with E-state index in [0.717, 1.165) is 16.7 Å². The van der Waals surface area contributed by atoms with E-state index in [9.17, 15) is 19.5 Å². The summed E-state index contributed by atoms with van der Waals surface area (Å²) in [4.78, 5) is 41.3. The van der Waals surface area contributed by atoms with Gasteiger partial charge in [-0.1, -0.05) is 72.8 Å². The average Bonchev–Trinajstić information content (AvgIpc) is 3.38. The molecule has 2 heterocycles. The molecular weight excluding hydrogens is 690 g/mol. The van der Waals surface area contributed by atoms with E-state index in [1.807, 2.05) is 97.1 Å². The minimum absolute atomic E-state index is 0.108. The monoisotopic (exact) mass is 733 g/mol. The third kappa shape index (κ3) is 6.91. The second kappa shape index (κ2) is 15.3. The summed E-state index contributed by atoms with van der Waals surface area (Å²) in [7, 11) is 3.21. The molecule has 7 rings (SSSR count). The highest BCUT2D eigenvalue weighted by Gasteiger charge is 2.62. The molecule has 12 nitrogen and oxygen atoms in total. The summed E-state index contributed by atoms with van der Waals surface area (Å²) in [5.74, 6) is 0.702. The molecule has 12 heteroatoms. The van der Waals surface area contributed by atoms with E-state index in [-0.39, 0.29) is 19.6 Å². The van der Waals surface area contributed by atoms with Crippen molar-refractivity contribution < 1.29 is 33.6 Å². The Kier molecular flexibility index (Phi) is 10.4. The smallest absolute Gasteiger partial charge is 0.330 e. The van der Waals surface area contributed by atoms with Gasteiger partial charge in [-0.15, -0.1) is 0 Å². The summed E-state index contributed by atoms with van der Waals surface area (Å²) in [6.45, 7) is 1.23. The first-order valence-corrected chi connectivity index (χ1v) is 17.8. The molecule has 0 spiro atoms. The molecule has 2 aliphatic rings. The second-order valence-electron chi connectivity index (χ2n) is 13.7. The maximum atomic E-state index is 13.3. The molecule has 5 atom stereocenters. The minimum Gasteiger partial charge on any atom is -0.497 e. The van der Waals surface area contributed by atoms with Crippen molar-refractivity contribution in [2.45, 2.75) is 49.3 Å². The van der Waals surface area contributed by atoms with Crippen LogP contribution in [0.4, 0.5) is 0 Å². The summed E-state index contributed by atoms with van der Waals surface area (Å²) in [6, 6.07) is 33.4. The number of H-pyrrole nitrogens is 1. The van der Waals surface area contributed by atoms with E-state index in [2.05, 4.69) is 10.3 Å². The van der Waals surface area contributed by atoms with Gasteiger partial charge in [-0.25, -0.2) is 4.79 Å². The number of aromatic amines is 1. The van der Waals surface area contributed by atoms with Crippen molar-refractivity contribution in [1.82, 2.24) is 14.9 Å². The third-order valence-corrected chi connectivity index (χ3v) is 10.5. The Balaban J connectivity index is 1.27. The number of amides is 1. The molecule has 54 heavy (non-hydrogen) atoms. The fourth-order valence-electron chi connectivity index (χ4n) is 7.71. The molecule has 2 bridgehead atoms. The number of aromatic nitrogens is 2. The van der Waals surface area contributed by atoms with Gasteiger partial charge < -0.3 is 34.1 Å². The Bertz CT molecular complexity index is 2120. The number of carbonyl (C=O) groups is 1. The van der Waals surface area contributed by atoms with Crippen LogP contribution < -0.4 is 30.8 Å². The third-order valence-electron chi connectivity index (χ3n) is 10.5. The van der Waals surface area contributed by atoms with Crippen molar-refractivity contribution in [3.05, 3.63) is 158 Å². The Morgan fingerprint density at radius 2 is 1.44 bits per heavy atom. The zero-order chi connectivity index (χ0) is 37.9. The number of aryl methyl sites for hydroxylation is 1. The van der Waals surface area contributed by atoms with Gasteiger partial charge in [0.05, 0.1) is 32.8 Å². The van der Waals surface area contributed by atoms with Gasteiger partial charge in [0.15, 0.2) is 6.61 Å². The number of nitrogens with one attached hydrogen (secondary N) is 2. The number of aliphatic hydroxyl groups excluding tert-OH is 1. The standard InChI is InChI=1S/C42H43N3O9/c1-27-24-45(40(49)44-38(27)48)39-36-34(43-35(46)25-52-33-12-8-5-9-13-33)22-23-41(54-39,37(36)47)26-53-42(28-10-6-4-7-11-28,29-14-18-31(50-2)19-15-29)30-16-20-32(51-3)21-17-30/h4-21,24,34,36-37,39,47H,22-23,25-26H2,1-3H3,(H,43,46)(H,44,48,49)/t34-,36-,37+,39-,41-/m1/s1. The Hall–Kier alpha value is -5.69. The van der Waals surface area contributed by atoms with Gasteiger partial charge >= 0.3 is 5.69 Å². The average molecular weight is 734 g/mol. The SMILES string of the molecule is COc1ccc(C(OC[C@@]23CC[C@@H](NC(=O)COc4ccccc4)[C@@H]([C@H](n4cc(C)c(=O)[nH]c4=O)O2)[C@@H]3O)(c2ccccc2)c2ccc(OC)cc2)cc1. The molecule has 0 radical (unpaired) electrons. The molecule has 3 N–H and O–H groups in total. The highest BCUT2D eigenvalue weighted by molar-refractivity contribution is 5.78. The summed E-state index contributed by atoms with van der Waals surface area (Å²) in [5.41, 5.74) is -1.05. The largest absolute Gasteiger partial charge is 0.497 e. The molecule has 1 aliphatic heterocycles. The number of aliphatic hydroxyl groups is 1. The van der Waals surface area contributed by atoms with Crippen molar-refractivity contribution >= 4 is 5.91 Å². The lowest BCUT2D eigenvalue weighted by atomic mass is 9.74. The highest BCUT2D eigenvalue weighted by Crippen LogP contribution is 2.52. The molecule has 1 saturated heterocycles. The first-order valence-electron chi connectivity index (χ1n) is 17.8. The van der Waals surface area contributed by atoms with Crippen molar-refractivity contribution in [2.24, 2.45) is 5.92 Å². The molecule has 5 aromatic rings. The van der Waals surface area contributed by atoms with Crippen LogP contribution in [0, 0.1) is 12.8 Å². The lowest BCUT2D eigenvalue weighted by Gasteiger charge is -2.43. The molecule has 1 amide bonds. The maximum absolute atomic E-state index is 13.3. The first-order chi connectivity index (χ1) is 26.2. The molecule has 4 aromatic carbocycles. The number of nitrogens with zero attached hydrogens (tertiary/aromatic N) is 1. The first kappa shape index (κ1) is 36.7.